The minimum Gasteiger partial charge on any atom is -0.481 e. The highest BCUT2D eigenvalue weighted by molar-refractivity contribution is 6.31. The number of carbonyl (C=O) groups excluding carboxylic acids is 2. The third kappa shape index (κ3) is 3.65. The summed E-state index contributed by atoms with van der Waals surface area (Å²) in [7, 11) is 0. The number of anilines is 1. The number of nitrogens with one attached hydrogen (secondary N) is 1. The maximum Gasteiger partial charge on any atom is 0.265 e. The molecule has 0 aliphatic carbocycles. The number of fused-ring (bicyclic) bond motifs is 4. The SMILES string of the molecule is CCCCN1C(=O)COc2c(C(=O)NC3CN4CCC3CC4)cc(Cl)cc21. The second-order valence-corrected chi connectivity index (χ2v) is 8.14. The van der Waals surface area contributed by atoms with Crippen LogP contribution in [0.2, 0.25) is 5.02 Å². The molecule has 3 saturated heterocycles. The van der Waals surface area contributed by atoms with Crippen LogP contribution in [0.5, 0.6) is 5.75 Å². The maximum absolute atomic E-state index is 13.0. The minimum absolute atomic E-state index is 0.0432. The van der Waals surface area contributed by atoms with Crippen molar-refractivity contribution in [3.63, 3.8) is 0 Å². The molecule has 4 heterocycles. The summed E-state index contributed by atoms with van der Waals surface area (Å²) in [6.07, 6.45) is 4.13. The Morgan fingerprint density at radius 2 is 2.11 bits per heavy atom. The van der Waals surface area contributed by atoms with Crippen molar-refractivity contribution < 1.29 is 14.3 Å². The van der Waals surface area contributed by atoms with Crippen LogP contribution in [0.15, 0.2) is 12.1 Å². The molecule has 0 spiro atoms. The molecule has 1 N–H and O–H groups in total. The monoisotopic (exact) mass is 391 g/mol. The quantitative estimate of drug-likeness (QED) is 0.838. The van der Waals surface area contributed by atoms with Gasteiger partial charge in [0.05, 0.1) is 11.3 Å². The summed E-state index contributed by atoms with van der Waals surface area (Å²) in [4.78, 5) is 29.5. The van der Waals surface area contributed by atoms with Gasteiger partial charge in [-0.1, -0.05) is 24.9 Å². The van der Waals surface area contributed by atoms with Gasteiger partial charge in [0.15, 0.2) is 12.4 Å². The lowest BCUT2D eigenvalue weighted by atomic mass is 9.84. The van der Waals surface area contributed by atoms with E-state index in [1.165, 1.54) is 0 Å². The fourth-order valence-corrected chi connectivity index (χ4v) is 4.59. The van der Waals surface area contributed by atoms with Crippen LogP contribution in [0.4, 0.5) is 5.69 Å². The van der Waals surface area contributed by atoms with E-state index in [1.807, 2.05) is 0 Å². The molecule has 2 amide bonds. The van der Waals surface area contributed by atoms with Gasteiger partial charge in [0.1, 0.15) is 0 Å². The highest BCUT2D eigenvalue weighted by Crippen LogP contribution is 2.39. The first-order valence-corrected chi connectivity index (χ1v) is 10.2. The van der Waals surface area contributed by atoms with E-state index in [0.717, 1.165) is 45.3 Å². The van der Waals surface area contributed by atoms with Gasteiger partial charge in [0, 0.05) is 24.2 Å². The molecule has 6 nitrogen and oxygen atoms in total. The minimum atomic E-state index is -0.169. The summed E-state index contributed by atoms with van der Waals surface area (Å²) in [5.74, 6) is 0.741. The Balaban J connectivity index is 1.59. The number of rotatable bonds is 5. The maximum atomic E-state index is 13.0. The van der Waals surface area contributed by atoms with Gasteiger partial charge in [-0.25, -0.2) is 0 Å². The molecule has 0 aromatic heterocycles. The molecule has 27 heavy (non-hydrogen) atoms. The lowest BCUT2D eigenvalue weighted by molar-refractivity contribution is -0.121. The van der Waals surface area contributed by atoms with Crippen LogP contribution >= 0.6 is 11.6 Å². The number of hydrogen-bond acceptors (Lipinski definition) is 4. The van der Waals surface area contributed by atoms with E-state index in [1.54, 1.807) is 17.0 Å². The number of piperidine rings is 3. The van der Waals surface area contributed by atoms with Gasteiger partial charge < -0.3 is 19.9 Å². The standard InChI is InChI=1S/C20H26ClN3O3/c1-2-3-6-24-17-10-14(21)9-15(19(17)27-12-18(24)25)20(26)22-16-11-23-7-4-13(16)5-8-23/h9-10,13,16H,2-8,11-12H2,1H3,(H,22,26). The lowest BCUT2D eigenvalue weighted by Gasteiger charge is -2.45. The van der Waals surface area contributed by atoms with Gasteiger partial charge in [-0.3, -0.25) is 9.59 Å². The van der Waals surface area contributed by atoms with Crippen molar-refractivity contribution in [1.29, 1.82) is 0 Å². The third-order valence-electron chi connectivity index (χ3n) is 5.92. The molecule has 1 atom stereocenters. The van der Waals surface area contributed by atoms with E-state index in [4.69, 9.17) is 16.3 Å². The van der Waals surface area contributed by atoms with Crippen molar-refractivity contribution in [1.82, 2.24) is 10.2 Å². The van der Waals surface area contributed by atoms with Crippen LogP contribution < -0.4 is 15.0 Å². The number of carbonyl (C=O) groups is 2. The fourth-order valence-electron chi connectivity index (χ4n) is 4.38. The molecule has 1 aromatic rings. The first-order valence-electron chi connectivity index (χ1n) is 9.86. The molecular weight excluding hydrogens is 366 g/mol. The van der Waals surface area contributed by atoms with E-state index < -0.39 is 0 Å². The Morgan fingerprint density at radius 1 is 1.33 bits per heavy atom. The smallest absolute Gasteiger partial charge is 0.265 e. The molecule has 5 rings (SSSR count). The molecular formula is C20H26ClN3O3. The molecule has 4 aliphatic rings. The van der Waals surface area contributed by atoms with Gasteiger partial charge in [-0.05, 0) is 50.4 Å². The molecule has 146 valence electrons. The zero-order valence-electron chi connectivity index (χ0n) is 15.7. The van der Waals surface area contributed by atoms with Crippen LogP contribution in [-0.4, -0.2) is 55.5 Å². The molecule has 0 radical (unpaired) electrons. The Morgan fingerprint density at radius 3 is 2.78 bits per heavy atom. The average Bonchev–Trinajstić information content (AvgIpc) is 2.67. The molecule has 0 saturated carbocycles. The van der Waals surface area contributed by atoms with E-state index >= 15 is 0 Å². The Kier molecular flexibility index (Phi) is 5.28. The second-order valence-electron chi connectivity index (χ2n) is 7.71. The van der Waals surface area contributed by atoms with Gasteiger partial charge >= 0.3 is 0 Å². The largest absolute Gasteiger partial charge is 0.481 e. The van der Waals surface area contributed by atoms with Crippen molar-refractivity contribution in [3.05, 3.63) is 22.7 Å². The van der Waals surface area contributed by atoms with Crippen molar-refractivity contribution in [2.75, 3.05) is 37.7 Å². The number of amides is 2. The highest BCUT2D eigenvalue weighted by atomic mass is 35.5. The Bertz CT molecular complexity index is 746. The number of ether oxygens (including phenoxy) is 1. The molecule has 3 fully saturated rings. The van der Waals surface area contributed by atoms with E-state index in [0.29, 0.717) is 34.5 Å². The van der Waals surface area contributed by atoms with Crippen LogP contribution in [-0.2, 0) is 4.79 Å². The summed E-state index contributed by atoms with van der Waals surface area (Å²) in [6.45, 7) is 5.80. The molecule has 1 unspecified atom stereocenters. The first-order chi connectivity index (χ1) is 13.1. The fraction of sp³-hybridized carbons (Fsp3) is 0.600. The third-order valence-corrected chi connectivity index (χ3v) is 6.14. The summed E-state index contributed by atoms with van der Waals surface area (Å²) in [5.41, 5.74) is 1.02. The van der Waals surface area contributed by atoms with Crippen LogP contribution in [0.25, 0.3) is 0 Å². The van der Waals surface area contributed by atoms with Crippen LogP contribution in [0.1, 0.15) is 43.0 Å². The van der Waals surface area contributed by atoms with Crippen molar-refractivity contribution in [2.45, 2.75) is 38.6 Å². The Labute approximate surface area is 164 Å². The highest BCUT2D eigenvalue weighted by Gasteiger charge is 2.36. The average molecular weight is 392 g/mol. The number of halogens is 1. The van der Waals surface area contributed by atoms with Crippen LogP contribution in [0, 0.1) is 5.92 Å². The van der Waals surface area contributed by atoms with Crippen molar-refractivity contribution in [2.24, 2.45) is 5.92 Å². The molecule has 1 aromatic carbocycles. The van der Waals surface area contributed by atoms with E-state index in [-0.39, 0.29) is 24.5 Å². The second kappa shape index (κ2) is 7.68. The summed E-state index contributed by atoms with van der Waals surface area (Å²) in [6, 6.07) is 3.52. The number of nitrogens with zero attached hydrogens (tertiary/aromatic N) is 2. The van der Waals surface area contributed by atoms with E-state index in [2.05, 4.69) is 17.1 Å². The first kappa shape index (κ1) is 18.6. The lowest BCUT2D eigenvalue weighted by Crippen LogP contribution is -2.57. The molecule has 2 bridgehead atoms. The predicted molar refractivity (Wildman–Crippen MR) is 105 cm³/mol. The van der Waals surface area contributed by atoms with Gasteiger partial charge in [0.2, 0.25) is 0 Å². The number of hydrogen-bond donors (Lipinski definition) is 1. The number of unbranched alkanes of at least 4 members (excludes halogenated alkanes) is 1. The van der Waals surface area contributed by atoms with Gasteiger partial charge in [-0.2, -0.15) is 0 Å². The Hall–Kier alpha value is -1.79. The van der Waals surface area contributed by atoms with E-state index in [9.17, 15) is 9.59 Å². The molecule has 4 aliphatic heterocycles. The topological polar surface area (TPSA) is 61.9 Å². The predicted octanol–water partition coefficient (Wildman–Crippen LogP) is 2.69. The molecule has 7 heteroatoms. The van der Waals surface area contributed by atoms with Crippen LogP contribution in [0.3, 0.4) is 0 Å². The van der Waals surface area contributed by atoms with Crippen molar-refractivity contribution in [3.8, 4) is 5.75 Å². The normalized spacial score (nSPS) is 26.5. The zero-order chi connectivity index (χ0) is 19.0. The summed E-state index contributed by atoms with van der Waals surface area (Å²) in [5, 5.41) is 3.63. The zero-order valence-corrected chi connectivity index (χ0v) is 16.4. The summed E-state index contributed by atoms with van der Waals surface area (Å²) >= 11 is 6.30. The number of benzene rings is 1. The van der Waals surface area contributed by atoms with Gasteiger partial charge in [0.25, 0.3) is 11.8 Å². The van der Waals surface area contributed by atoms with Gasteiger partial charge in [-0.15, -0.1) is 0 Å². The summed E-state index contributed by atoms with van der Waals surface area (Å²) < 4.78 is 5.68. The van der Waals surface area contributed by atoms with Crippen molar-refractivity contribution >= 4 is 29.1 Å².